The third kappa shape index (κ3) is 7.00. The molecule has 1 rings (SSSR count). The molecule has 0 unspecified atom stereocenters. The second-order valence-electron chi connectivity index (χ2n) is 5.81. The molecular weight excluding hydrogens is 413 g/mol. The monoisotopic (exact) mass is 430 g/mol. The molecule has 0 aliphatic heterocycles. The first-order valence-corrected chi connectivity index (χ1v) is 9.45. The van der Waals surface area contributed by atoms with Gasteiger partial charge in [-0.25, -0.2) is 8.42 Å². The molecule has 1 aromatic rings. The minimum absolute atomic E-state index is 0.181. The largest absolute Gasteiger partial charge is 0.454 e. The van der Waals surface area contributed by atoms with Gasteiger partial charge in [0.15, 0.2) is 6.61 Å². The van der Waals surface area contributed by atoms with Gasteiger partial charge >= 0.3 is 12.1 Å². The quantitative estimate of drug-likeness (QED) is 0.645. The van der Waals surface area contributed by atoms with E-state index in [1.54, 1.807) is 13.8 Å². The summed E-state index contributed by atoms with van der Waals surface area (Å²) in [5.41, 5.74) is -1.33. The number of hydrogen-bond acceptors (Lipinski definition) is 5. The number of hydrogen-bond donors (Lipinski definition) is 2. The van der Waals surface area contributed by atoms with Gasteiger partial charge in [0.2, 0.25) is 10.0 Å². The number of sulfonamides is 1. The summed E-state index contributed by atoms with van der Waals surface area (Å²) in [7, 11) is -4.47. The maximum absolute atomic E-state index is 12.9. The Hall–Kier alpha value is -1.85. The fourth-order valence-electron chi connectivity index (χ4n) is 1.86. The molecule has 2 N–H and O–H groups in total. The van der Waals surface area contributed by atoms with Crippen LogP contribution in [0.15, 0.2) is 23.1 Å². The Morgan fingerprint density at radius 2 is 1.81 bits per heavy atom. The van der Waals surface area contributed by atoms with Crippen molar-refractivity contribution in [2.45, 2.75) is 43.9 Å². The first kappa shape index (κ1) is 23.2. The van der Waals surface area contributed by atoms with Gasteiger partial charge in [-0.3, -0.25) is 9.59 Å². The minimum Gasteiger partial charge on any atom is -0.454 e. The second kappa shape index (κ2) is 8.89. The summed E-state index contributed by atoms with van der Waals surface area (Å²) in [6.45, 7) is 3.89. The Balaban J connectivity index is 2.85. The smallest absolute Gasteiger partial charge is 0.417 e. The summed E-state index contributed by atoms with van der Waals surface area (Å²) in [6, 6.07) is 0.400. The maximum Gasteiger partial charge on any atom is 0.417 e. The summed E-state index contributed by atoms with van der Waals surface area (Å²) in [5, 5.41) is 1.80. The highest BCUT2D eigenvalue weighted by molar-refractivity contribution is 7.89. The number of nitrogens with one attached hydrogen (secondary N) is 2. The van der Waals surface area contributed by atoms with E-state index in [4.69, 9.17) is 11.6 Å². The van der Waals surface area contributed by atoms with Gasteiger partial charge in [-0.15, -0.1) is 0 Å². The molecule has 0 saturated carbocycles. The maximum atomic E-state index is 12.9. The van der Waals surface area contributed by atoms with Gasteiger partial charge < -0.3 is 10.1 Å². The Kier molecular flexibility index (Phi) is 7.64. The third-order valence-electron chi connectivity index (χ3n) is 3.03. The molecule has 0 radical (unpaired) electrons. The molecule has 1 aromatic carbocycles. The van der Waals surface area contributed by atoms with Crippen molar-refractivity contribution in [3.63, 3.8) is 0 Å². The van der Waals surface area contributed by atoms with Gasteiger partial charge in [-0.1, -0.05) is 11.6 Å². The van der Waals surface area contributed by atoms with E-state index in [0.29, 0.717) is 6.07 Å². The lowest BCUT2D eigenvalue weighted by Crippen LogP contribution is -2.41. The molecule has 0 aliphatic rings. The molecule has 0 aromatic heterocycles. The van der Waals surface area contributed by atoms with Crippen LogP contribution in [0.1, 0.15) is 26.3 Å². The van der Waals surface area contributed by atoms with E-state index in [-0.39, 0.29) is 6.04 Å². The van der Waals surface area contributed by atoms with Crippen molar-refractivity contribution < 1.29 is 35.9 Å². The van der Waals surface area contributed by atoms with Crippen LogP contribution in [0.5, 0.6) is 0 Å². The summed E-state index contributed by atoms with van der Waals surface area (Å²) in [4.78, 5) is 22.5. The molecule has 152 valence electrons. The normalized spacial score (nSPS) is 13.3. The van der Waals surface area contributed by atoms with Gasteiger partial charge in [-0.05, 0) is 39.0 Å². The first-order chi connectivity index (χ1) is 12.2. The number of halogens is 4. The van der Waals surface area contributed by atoms with Gasteiger partial charge in [0.1, 0.15) is 6.04 Å². The average Bonchev–Trinajstić information content (AvgIpc) is 2.50. The number of carbonyl (C=O) groups excluding carboxylic acids is 2. The summed E-state index contributed by atoms with van der Waals surface area (Å²) < 4.78 is 69.6. The number of benzene rings is 1. The summed E-state index contributed by atoms with van der Waals surface area (Å²) >= 11 is 5.45. The summed E-state index contributed by atoms with van der Waals surface area (Å²) in [5.74, 6) is -1.65. The van der Waals surface area contributed by atoms with Crippen LogP contribution < -0.4 is 10.0 Å². The fourth-order valence-corrected chi connectivity index (χ4v) is 3.31. The SMILES string of the molecule is CC(C)NC(=O)COC(=O)[C@H](C)NS(=O)(=O)c1ccc(Cl)c(C(F)(F)F)c1. The van der Waals surface area contributed by atoms with E-state index in [9.17, 15) is 31.2 Å². The lowest BCUT2D eigenvalue weighted by Gasteiger charge is -2.15. The van der Waals surface area contributed by atoms with Gasteiger partial charge in [0.25, 0.3) is 5.91 Å². The van der Waals surface area contributed by atoms with Crippen LogP contribution in [0.3, 0.4) is 0 Å². The zero-order chi connectivity index (χ0) is 21.0. The van der Waals surface area contributed by atoms with Crippen molar-refractivity contribution in [1.82, 2.24) is 10.0 Å². The number of esters is 1. The van der Waals surface area contributed by atoms with Crippen LogP contribution in [-0.2, 0) is 30.5 Å². The van der Waals surface area contributed by atoms with E-state index in [0.717, 1.165) is 19.1 Å². The van der Waals surface area contributed by atoms with Crippen molar-refractivity contribution in [3.8, 4) is 0 Å². The number of ether oxygens (including phenoxy) is 1. The first-order valence-electron chi connectivity index (χ1n) is 7.59. The van der Waals surface area contributed by atoms with Crippen molar-refractivity contribution >= 4 is 33.5 Å². The van der Waals surface area contributed by atoms with Crippen LogP contribution in [0.25, 0.3) is 0 Å². The molecule has 7 nitrogen and oxygen atoms in total. The lowest BCUT2D eigenvalue weighted by molar-refractivity contribution is -0.149. The van der Waals surface area contributed by atoms with E-state index < -0.39 is 56.2 Å². The van der Waals surface area contributed by atoms with E-state index in [2.05, 4.69) is 10.1 Å². The molecule has 27 heavy (non-hydrogen) atoms. The Labute approximate surface area is 159 Å². The topological polar surface area (TPSA) is 102 Å². The third-order valence-corrected chi connectivity index (χ3v) is 4.90. The molecule has 1 amide bonds. The van der Waals surface area contributed by atoms with Crippen LogP contribution in [0, 0.1) is 0 Å². The molecule has 0 spiro atoms. The standard InChI is InChI=1S/C15H18ClF3N2O5S/c1-8(2)20-13(22)7-26-14(23)9(3)21-27(24,25)10-4-5-12(16)11(6-10)15(17,18)19/h4-6,8-9,21H,7H2,1-3H3,(H,20,22)/t9-/m0/s1. The molecular formula is C15H18ClF3N2O5S. The molecule has 0 aliphatic carbocycles. The highest BCUT2D eigenvalue weighted by Gasteiger charge is 2.35. The van der Waals surface area contributed by atoms with Crippen LogP contribution in [0.4, 0.5) is 13.2 Å². The van der Waals surface area contributed by atoms with Crippen molar-refractivity contribution in [3.05, 3.63) is 28.8 Å². The zero-order valence-corrected chi connectivity index (χ0v) is 16.1. The van der Waals surface area contributed by atoms with Crippen LogP contribution >= 0.6 is 11.6 Å². The lowest BCUT2D eigenvalue weighted by atomic mass is 10.2. The minimum atomic E-state index is -4.85. The van der Waals surface area contributed by atoms with E-state index in [1.165, 1.54) is 0 Å². The van der Waals surface area contributed by atoms with E-state index >= 15 is 0 Å². The molecule has 12 heteroatoms. The summed E-state index contributed by atoms with van der Waals surface area (Å²) in [6.07, 6.45) is -4.85. The second-order valence-corrected chi connectivity index (χ2v) is 7.93. The fraction of sp³-hybridized carbons (Fsp3) is 0.467. The Morgan fingerprint density at radius 1 is 1.22 bits per heavy atom. The molecule has 0 saturated heterocycles. The predicted molar refractivity (Wildman–Crippen MR) is 90.5 cm³/mol. The van der Waals surface area contributed by atoms with Crippen molar-refractivity contribution in [2.75, 3.05) is 6.61 Å². The van der Waals surface area contributed by atoms with Crippen LogP contribution in [0.2, 0.25) is 5.02 Å². The number of carbonyl (C=O) groups is 2. The van der Waals surface area contributed by atoms with Crippen molar-refractivity contribution in [2.24, 2.45) is 0 Å². The Bertz CT molecular complexity index is 812. The molecule has 0 heterocycles. The highest BCUT2D eigenvalue weighted by Crippen LogP contribution is 2.35. The van der Waals surface area contributed by atoms with E-state index in [1.807, 2.05) is 4.72 Å². The molecule has 0 fully saturated rings. The highest BCUT2D eigenvalue weighted by atomic mass is 35.5. The Morgan fingerprint density at radius 3 is 2.33 bits per heavy atom. The van der Waals surface area contributed by atoms with Crippen LogP contribution in [-0.4, -0.2) is 39.0 Å². The van der Waals surface area contributed by atoms with Crippen molar-refractivity contribution in [1.29, 1.82) is 0 Å². The molecule has 0 bridgehead atoms. The molecule has 1 atom stereocenters. The predicted octanol–water partition coefficient (Wildman–Crippen LogP) is 2.09. The average molecular weight is 431 g/mol. The van der Waals surface area contributed by atoms with Gasteiger partial charge in [0, 0.05) is 6.04 Å². The number of alkyl halides is 3. The van der Waals surface area contributed by atoms with Gasteiger partial charge in [-0.2, -0.15) is 17.9 Å². The number of amides is 1. The van der Waals surface area contributed by atoms with Gasteiger partial charge in [0.05, 0.1) is 15.5 Å². The zero-order valence-electron chi connectivity index (χ0n) is 14.6. The number of rotatable bonds is 7.